The van der Waals surface area contributed by atoms with Gasteiger partial charge in [-0.05, 0) is 42.7 Å². The molecule has 0 aliphatic carbocycles. The summed E-state index contributed by atoms with van der Waals surface area (Å²) in [6.45, 7) is 0.130. The van der Waals surface area contributed by atoms with E-state index in [9.17, 15) is 22.7 Å². The third-order valence-electron chi connectivity index (χ3n) is 4.12. The first-order chi connectivity index (χ1) is 11.9. The molecule has 1 aliphatic rings. The molecule has 0 fully saturated rings. The lowest BCUT2D eigenvalue weighted by Crippen LogP contribution is -2.36. The van der Waals surface area contributed by atoms with Crippen molar-refractivity contribution in [1.82, 2.24) is 0 Å². The fraction of sp³-hybridized carbons (Fsp3) is 0.235. The first kappa shape index (κ1) is 17.2. The van der Waals surface area contributed by atoms with Crippen LogP contribution in [0.1, 0.15) is 22.3 Å². The monoisotopic (exact) mass is 365 g/mol. The molecular formula is C17H16FNO5S. The second kappa shape index (κ2) is 6.36. The number of hydrogen-bond acceptors (Lipinski definition) is 4. The molecule has 0 aromatic heterocycles. The molecule has 0 bridgehead atoms. The van der Waals surface area contributed by atoms with Crippen LogP contribution in [0, 0.1) is 5.82 Å². The van der Waals surface area contributed by atoms with E-state index in [1.807, 2.05) is 0 Å². The number of aromatic carboxylic acids is 1. The molecule has 6 nitrogen and oxygen atoms in total. The summed E-state index contributed by atoms with van der Waals surface area (Å²) < 4.78 is 46.2. The van der Waals surface area contributed by atoms with Gasteiger partial charge in [0.15, 0.2) is 0 Å². The third kappa shape index (κ3) is 2.93. The lowest BCUT2D eigenvalue weighted by atomic mass is 10.0. The van der Waals surface area contributed by atoms with Crippen molar-refractivity contribution in [2.45, 2.75) is 17.7 Å². The number of carboxylic acids is 1. The van der Waals surface area contributed by atoms with Gasteiger partial charge in [-0.25, -0.2) is 17.6 Å². The summed E-state index contributed by atoms with van der Waals surface area (Å²) in [6.07, 6.45) is 1.14. The number of anilines is 1. The topological polar surface area (TPSA) is 83.9 Å². The Labute approximate surface area is 144 Å². The van der Waals surface area contributed by atoms with Gasteiger partial charge in [0, 0.05) is 6.54 Å². The largest absolute Gasteiger partial charge is 0.496 e. The molecule has 0 saturated carbocycles. The van der Waals surface area contributed by atoms with Crippen LogP contribution in [0.5, 0.6) is 5.75 Å². The summed E-state index contributed by atoms with van der Waals surface area (Å²) in [7, 11) is -2.81. The molecule has 1 heterocycles. The number of hydrogen-bond donors (Lipinski definition) is 1. The molecule has 0 spiro atoms. The molecule has 8 heteroatoms. The average molecular weight is 365 g/mol. The smallest absolute Gasteiger partial charge is 0.339 e. The number of fused-ring (bicyclic) bond motifs is 1. The van der Waals surface area contributed by atoms with Gasteiger partial charge in [0.1, 0.15) is 17.1 Å². The van der Waals surface area contributed by atoms with Crippen molar-refractivity contribution < 1.29 is 27.4 Å². The van der Waals surface area contributed by atoms with Crippen LogP contribution in [0.3, 0.4) is 0 Å². The molecule has 0 unspecified atom stereocenters. The first-order valence-corrected chi connectivity index (χ1v) is 9.01. The van der Waals surface area contributed by atoms with E-state index in [0.717, 1.165) is 10.4 Å². The summed E-state index contributed by atoms with van der Waals surface area (Å²) in [5, 5.41) is 9.25. The highest BCUT2D eigenvalue weighted by molar-refractivity contribution is 7.92. The summed E-state index contributed by atoms with van der Waals surface area (Å²) in [5.41, 5.74) is 0.373. The van der Waals surface area contributed by atoms with Gasteiger partial charge in [-0.15, -0.1) is 0 Å². The number of sulfonamides is 1. The fourth-order valence-corrected chi connectivity index (χ4v) is 4.52. The second-order valence-corrected chi connectivity index (χ2v) is 7.46. The van der Waals surface area contributed by atoms with E-state index in [2.05, 4.69) is 0 Å². The van der Waals surface area contributed by atoms with Crippen LogP contribution in [-0.4, -0.2) is 33.1 Å². The van der Waals surface area contributed by atoms with E-state index in [1.165, 1.54) is 25.3 Å². The van der Waals surface area contributed by atoms with Gasteiger partial charge >= 0.3 is 5.97 Å². The molecule has 2 aromatic rings. The van der Waals surface area contributed by atoms with Crippen molar-refractivity contribution >= 4 is 21.7 Å². The van der Waals surface area contributed by atoms with Crippen molar-refractivity contribution in [2.75, 3.05) is 18.0 Å². The molecule has 1 aliphatic heterocycles. The van der Waals surface area contributed by atoms with Gasteiger partial charge in [-0.3, -0.25) is 4.31 Å². The van der Waals surface area contributed by atoms with E-state index in [1.54, 1.807) is 12.1 Å². The number of nitrogens with zero attached hydrogens (tertiary/aromatic N) is 1. The van der Waals surface area contributed by atoms with Gasteiger partial charge in [-0.1, -0.05) is 12.1 Å². The van der Waals surface area contributed by atoms with E-state index < -0.39 is 21.8 Å². The Morgan fingerprint density at radius 2 is 2.04 bits per heavy atom. The highest BCUT2D eigenvalue weighted by Gasteiger charge is 2.32. The lowest BCUT2D eigenvalue weighted by molar-refractivity contribution is 0.0693. The standard InChI is InChI=1S/C17H16FNO5S/c1-24-15-8-7-12(10-13(15)17(20)21)25(22,23)19-9-3-5-11-4-2-6-14(18)16(11)19/h2,4,6-8,10H,3,5,9H2,1H3,(H,20,21). The van der Waals surface area contributed by atoms with Gasteiger partial charge in [-0.2, -0.15) is 0 Å². The number of para-hydroxylation sites is 1. The third-order valence-corrected chi connectivity index (χ3v) is 5.91. The predicted molar refractivity (Wildman–Crippen MR) is 89.2 cm³/mol. The van der Waals surface area contributed by atoms with Crippen molar-refractivity contribution in [3.05, 3.63) is 53.3 Å². The molecule has 3 rings (SSSR count). The Balaban J connectivity index is 2.13. The van der Waals surface area contributed by atoms with E-state index in [4.69, 9.17) is 4.74 Å². The van der Waals surface area contributed by atoms with Gasteiger partial charge in [0.05, 0.1) is 17.7 Å². The zero-order chi connectivity index (χ0) is 18.2. The maximum absolute atomic E-state index is 14.3. The van der Waals surface area contributed by atoms with Gasteiger partial charge in [0.25, 0.3) is 10.0 Å². The number of carboxylic acid groups (broad SMARTS) is 1. The molecule has 1 N–H and O–H groups in total. The average Bonchev–Trinajstić information content (AvgIpc) is 2.60. The number of ether oxygens (including phenoxy) is 1. The maximum Gasteiger partial charge on any atom is 0.339 e. The SMILES string of the molecule is COc1ccc(S(=O)(=O)N2CCCc3cccc(F)c32)cc1C(=O)O. The minimum atomic E-state index is -4.10. The summed E-state index contributed by atoms with van der Waals surface area (Å²) >= 11 is 0. The number of rotatable bonds is 4. The highest BCUT2D eigenvalue weighted by atomic mass is 32.2. The molecule has 0 saturated heterocycles. The summed E-state index contributed by atoms with van der Waals surface area (Å²) in [6, 6.07) is 8.02. The molecule has 132 valence electrons. The highest BCUT2D eigenvalue weighted by Crippen LogP contribution is 2.35. The van der Waals surface area contributed by atoms with E-state index >= 15 is 0 Å². The Hall–Kier alpha value is -2.61. The molecule has 25 heavy (non-hydrogen) atoms. The van der Waals surface area contributed by atoms with Crippen LogP contribution in [-0.2, 0) is 16.4 Å². The molecular weight excluding hydrogens is 349 g/mol. The fourth-order valence-electron chi connectivity index (χ4n) is 2.95. The molecule has 0 radical (unpaired) electrons. The Morgan fingerprint density at radius 1 is 1.28 bits per heavy atom. The Bertz CT molecular complexity index is 942. The quantitative estimate of drug-likeness (QED) is 0.901. The van der Waals surface area contributed by atoms with Crippen LogP contribution in [0.25, 0.3) is 0 Å². The molecule has 2 aromatic carbocycles. The van der Waals surface area contributed by atoms with Gasteiger partial charge < -0.3 is 9.84 Å². The van der Waals surface area contributed by atoms with E-state index in [0.29, 0.717) is 18.4 Å². The molecule has 0 atom stereocenters. The number of methoxy groups -OCH3 is 1. The van der Waals surface area contributed by atoms with Crippen molar-refractivity contribution in [2.24, 2.45) is 0 Å². The number of aryl methyl sites for hydroxylation is 1. The normalized spacial score (nSPS) is 14.1. The van der Waals surface area contributed by atoms with Crippen LogP contribution < -0.4 is 9.04 Å². The Kier molecular flexibility index (Phi) is 4.38. The lowest BCUT2D eigenvalue weighted by Gasteiger charge is -2.30. The zero-order valence-electron chi connectivity index (χ0n) is 13.4. The number of benzene rings is 2. The predicted octanol–water partition coefficient (Wildman–Crippen LogP) is 2.67. The Morgan fingerprint density at radius 3 is 2.72 bits per heavy atom. The van der Waals surface area contributed by atoms with Crippen LogP contribution >= 0.6 is 0 Å². The number of halogens is 1. The van der Waals surface area contributed by atoms with Crippen LogP contribution in [0.15, 0.2) is 41.3 Å². The van der Waals surface area contributed by atoms with Crippen molar-refractivity contribution in [3.63, 3.8) is 0 Å². The minimum absolute atomic E-state index is 0.0291. The van der Waals surface area contributed by atoms with Crippen molar-refractivity contribution in [3.8, 4) is 5.75 Å². The minimum Gasteiger partial charge on any atom is -0.496 e. The second-order valence-electron chi connectivity index (χ2n) is 5.60. The van der Waals surface area contributed by atoms with Crippen LogP contribution in [0.4, 0.5) is 10.1 Å². The van der Waals surface area contributed by atoms with E-state index in [-0.39, 0.29) is 28.4 Å². The number of carbonyl (C=O) groups is 1. The van der Waals surface area contributed by atoms with Crippen LogP contribution in [0.2, 0.25) is 0 Å². The first-order valence-electron chi connectivity index (χ1n) is 7.57. The summed E-state index contributed by atoms with van der Waals surface area (Å²) in [4.78, 5) is 11.1. The zero-order valence-corrected chi connectivity index (χ0v) is 14.2. The van der Waals surface area contributed by atoms with Crippen molar-refractivity contribution in [1.29, 1.82) is 0 Å². The molecule has 0 amide bonds. The maximum atomic E-state index is 14.3. The summed E-state index contributed by atoms with van der Waals surface area (Å²) in [5.74, 6) is -1.87. The van der Waals surface area contributed by atoms with Gasteiger partial charge in [0.2, 0.25) is 0 Å².